The van der Waals surface area contributed by atoms with Crippen LogP contribution in [-0.2, 0) is 26.0 Å². The lowest BCUT2D eigenvalue weighted by molar-refractivity contribution is -0.120. The van der Waals surface area contributed by atoms with Crippen molar-refractivity contribution in [3.05, 3.63) is 59.7 Å². The minimum absolute atomic E-state index is 0.0123. The second-order valence-corrected chi connectivity index (χ2v) is 8.10. The number of hydrogen-bond donors (Lipinski definition) is 0. The van der Waals surface area contributed by atoms with Gasteiger partial charge in [-0.15, -0.1) is 0 Å². The van der Waals surface area contributed by atoms with Gasteiger partial charge in [0.15, 0.2) is 5.78 Å². The molecular weight excluding hydrogens is 354 g/mol. The normalized spacial score (nSPS) is 16.2. The monoisotopic (exact) mass is 373 g/mol. The fourth-order valence-corrected chi connectivity index (χ4v) is 4.79. The number of benzene rings is 2. The van der Waals surface area contributed by atoms with Crippen LogP contribution in [0.25, 0.3) is 0 Å². The molecule has 2 aromatic carbocycles. The Hall–Kier alpha value is -2.67. The van der Waals surface area contributed by atoms with Gasteiger partial charge in [-0.3, -0.25) is 9.10 Å². The number of anilines is 1. The Morgan fingerprint density at radius 3 is 2.62 bits per heavy atom. The number of esters is 1. The van der Waals surface area contributed by atoms with Gasteiger partial charge in [-0.25, -0.2) is 13.2 Å². The lowest BCUT2D eigenvalue weighted by Crippen LogP contribution is -2.35. The number of hydrogen-bond acceptors (Lipinski definition) is 5. The zero-order chi connectivity index (χ0) is 18.9. The van der Waals surface area contributed by atoms with Crippen molar-refractivity contribution in [3.63, 3.8) is 0 Å². The van der Waals surface area contributed by atoms with Gasteiger partial charge in [0, 0.05) is 6.04 Å². The number of fused-ring (bicyclic) bond motifs is 1. The molecule has 136 valence electrons. The van der Waals surface area contributed by atoms with Crippen molar-refractivity contribution in [2.24, 2.45) is 0 Å². The summed E-state index contributed by atoms with van der Waals surface area (Å²) in [7, 11) is -3.83. The molecule has 0 aliphatic carbocycles. The van der Waals surface area contributed by atoms with Gasteiger partial charge in [-0.1, -0.05) is 24.3 Å². The van der Waals surface area contributed by atoms with Crippen molar-refractivity contribution >= 4 is 27.5 Å². The van der Waals surface area contributed by atoms with Crippen molar-refractivity contribution in [2.75, 3.05) is 10.9 Å². The average molecular weight is 373 g/mol. The Morgan fingerprint density at radius 1 is 1.15 bits per heavy atom. The molecule has 0 saturated heterocycles. The van der Waals surface area contributed by atoms with E-state index in [0.29, 0.717) is 12.1 Å². The van der Waals surface area contributed by atoms with E-state index in [-0.39, 0.29) is 28.9 Å². The van der Waals surface area contributed by atoms with Crippen LogP contribution in [0.3, 0.4) is 0 Å². The molecule has 6 nitrogen and oxygen atoms in total. The number of ketones is 1. The Balaban J connectivity index is 1.95. The van der Waals surface area contributed by atoms with Crippen molar-refractivity contribution < 1.29 is 22.7 Å². The van der Waals surface area contributed by atoms with E-state index < -0.39 is 16.0 Å². The molecule has 0 N–H and O–H groups in total. The van der Waals surface area contributed by atoms with Crippen LogP contribution in [0.2, 0.25) is 0 Å². The maximum atomic E-state index is 13.2. The summed E-state index contributed by atoms with van der Waals surface area (Å²) < 4.78 is 32.6. The van der Waals surface area contributed by atoms with Gasteiger partial charge in [0.1, 0.15) is 6.61 Å². The number of para-hydroxylation sites is 1. The number of carbonyl (C=O) groups is 2. The molecule has 2 aromatic rings. The van der Waals surface area contributed by atoms with E-state index >= 15 is 0 Å². The molecule has 1 atom stereocenters. The second kappa shape index (κ2) is 6.92. The van der Waals surface area contributed by atoms with Gasteiger partial charge in [-0.05, 0) is 50.1 Å². The molecule has 1 aliphatic rings. The molecular formula is C19H19NO5S. The highest BCUT2D eigenvalue weighted by Gasteiger charge is 2.36. The first-order valence-corrected chi connectivity index (χ1v) is 9.63. The number of nitrogens with zero attached hydrogens (tertiary/aromatic N) is 1. The number of Topliss-reactive ketones (excluding diaryl/α,β-unsaturated/α-hetero) is 1. The summed E-state index contributed by atoms with van der Waals surface area (Å²) in [6.45, 7) is 2.81. The third kappa shape index (κ3) is 3.35. The third-order valence-electron chi connectivity index (χ3n) is 4.18. The quantitative estimate of drug-likeness (QED) is 0.753. The molecule has 0 saturated carbocycles. The highest BCUT2D eigenvalue weighted by molar-refractivity contribution is 7.92. The topological polar surface area (TPSA) is 80.8 Å². The van der Waals surface area contributed by atoms with Gasteiger partial charge in [0.25, 0.3) is 10.0 Å². The molecule has 0 radical (unpaired) electrons. The molecule has 0 amide bonds. The smallest absolute Gasteiger partial charge is 0.338 e. The predicted octanol–water partition coefficient (Wildman–Crippen LogP) is 2.57. The maximum absolute atomic E-state index is 13.2. The number of rotatable bonds is 5. The Labute approximate surface area is 152 Å². The van der Waals surface area contributed by atoms with Crippen LogP contribution in [-0.4, -0.2) is 32.8 Å². The minimum Gasteiger partial charge on any atom is -0.454 e. The SMILES string of the molecule is CC(=O)COC(=O)c1cccc(S(=O)(=O)N2c3ccccc3C[C@H]2C)c1. The molecule has 1 heterocycles. The molecule has 0 unspecified atom stereocenters. The van der Waals surface area contributed by atoms with Gasteiger partial charge < -0.3 is 4.74 Å². The van der Waals surface area contributed by atoms with Crippen molar-refractivity contribution in [1.82, 2.24) is 0 Å². The minimum atomic E-state index is -3.83. The lowest BCUT2D eigenvalue weighted by Gasteiger charge is -2.24. The standard InChI is InChI=1S/C19H19NO5S/c1-13-10-15-6-3-4-9-18(15)20(13)26(23,24)17-8-5-7-16(11-17)19(22)25-12-14(2)21/h3-9,11,13H,10,12H2,1-2H3/t13-/m1/s1. The highest BCUT2D eigenvalue weighted by Crippen LogP contribution is 2.36. The highest BCUT2D eigenvalue weighted by atomic mass is 32.2. The van der Waals surface area contributed by atoms with Crippen LogP contribution in [0, 0.1) is 0 Å². The summed E-state index contributed by atoms with van der Waals surface area (Å²) in [6.07, 6.45) is 0.635. The molecule has 26 heavy (non-hydrogen) atoms. The van der Waals surface area contributed by atoms with Gasteiger partial charge in [0.05, 0.1) is 16.1 Å². The Kier molecular flexibility index (Phi) is 4.82. The fourth-order valence-electron chi connectivity index (χ4n) is 3.05. The van der Waals surface area contributed by atoms with E-state index in [4.69, 9.17) is 4.74 Å². The summed E-state index contributed by atoms with van der Waals surface area (Å²) in [6, 6.07) is 12.8. The Bertz CT molecular complexity index is 967. The van der Waals surface area contributed by atoms with E-state index in [9.17, 15) is 18.0 Å². The Morgan fingerprint density at radius 2 is 1.88 bits per heavy atom. The van der Waals surface area contributed by atoms with E-state index in [1.54, 1.807) is 12.1 Å². The molecule has 0 spiro atoms. The van der Waals surface area contributed by atoms with E-state index in [0.717, 1.165) is 5.56 Å². The molecule has 3 rings (SSSR count). The van der Waals surface area contributed by atoms with E-state index in [2.05, 4.69) is 0 Å². The summed E-state index contributed by atoms with van der Waals surface area (Å²) >= 11 is 0. The number of sulfonamides is 1. The van der Waals surface area contributed by atoms with Crippen LogP contribution < -0.4 is 4.31 Å². The van der Waals surface area contributed by atoms with Gasteiger partial charge in [0.2, 0.25) is 0 Å². The molecule has 0 fully saturated rings. The molecule has 0 bridgehead atoms. The van der Waals surface area contributed by atoms with Crippen LogP contribution in [0.15, 0.2) is 53.4 Å². The van der Waals surface area contributed by atoms with Crippen LogP contribution in [0.4, 0.5) is 5.69 Å². The predicted molar refractivity (Wildman–Crippen MR) is 96.7 cm³/mol. The summed E-state index contributed by atoms with van der Waals surface area (Å²) in [5.41, 5.74) is 1.72. The van der Waals surface area contributed by atoms with Gasteiger partial charge >= 0.3 is 5.97 Å². The first-order chi connectivity index (χ1) is 12.3. The molecule has 7 heteroatoms. The zero-order valence-corrected chi connectivity index (χ0v) is 15.3. The average Bonchev–Trinajstić information content (AvgIpc) is 2.96. The molecule has 1 aliphatic heterocycles. The summed E-state index contributed by atoms with van der Waals surface area (Å²) in [5, 5.41) is 0. The van der Waals surface area contributed by atoms with Crippen molar-refractivity contribution in [3.8, 4) is 0 Å². The van der Waals surface area contributed by atoms with E-state index in [1.165, 1.54) is 35.5 Å². The van der Waals surface area contributed by atoms with Gasteiger partial charge in [-0.2, -0.15) is 0 Å². The van der Waals surface area contributed by atoms with E-state index in [1.807, 2.05) is 19.1 Å². The fraction of sp³-hybridized carbons (Fsp3) is 0.263. The first-order valence-electron chi connectivity index (χ1n) is 8.19. The maximum Gasteiger partial charge on any atom is 0.338 e. The largest absolute Gasteiger partial charge is 0.454 e. The summed E-state index contributed by atoms with van der Waals surface area (Å²) in [4.78, 5) is 23.0. The lowest BCUT2D eigenvalue weighted by atomic mass is 10.1. The van der Waals surface area contributed by atoms with Crippen LogP contribution in [0.5, 0.6) is 0 Å². The summed E-state index contributed by atoms with van der Waals surface area (Å²) in [5.74, 6) is -1.02. The second-order valence-electron chi connectivity index (χ2n) is 6.29. The zero-order valence-electron chi connectivity index (χ0n) is 14.5. The van der Waals surface area contributed by atoms with Crippen molar-refractivity contribution in [2.45, 2.75) is 31.2 Å². The molecule has 0 aromatic heterocycles. The third-order valence-corrected chi connectivity index (χ3v) is 6.10. The first kappa shape index (κ1) is 18.1. The van der Waals surface area contributed by atoms with Crippen LogP contribution in [0.1, 0.15) is 29.8 Å². The number of carbonyl (C=O) groups excluding carboxylic acids is 2. The van der Waals surface area contributed by atoms with Crippen molar-refractivity contribution in [1.29, 1.82) is 0 Å². The van der Waals surface area contributed by atoms with Crippen LogP contribution >= 0.6 is 0 Å². The number of ether oxygens (including phenoxy) is 1.